The van der Waals surface area contributed by atoms with Gasteiger partial charge >= 0.3 is 5.69 Å². The maximum Gasteiger partial charge on any atom is 0.346 e. The molecule has 0 aliphatic rings. The predicted octanol–water partition coefficient (Wildman–Crippen LogP) is 4.59. The van der Waals surface area contributed by atoms with Crippen molar-refractivity contribution in [1.82, 2.24) is 9.97 Å². The number of benzene rings is 4. The molecule has 1 aromatic heterocycles. The van der Waals surface area contributed by atoms with Crippen LogP contribution in [0.15, 0.2) is 65.6 Å². The summed E-state index contributed by atoms with van der Waals surface area (Å²) in [5, 5.41) is 10.9. The van der Waals surface area contributed by atoms with Gasteiger partial charge in [-0.15, -0.1) is 0 Å². The van der Waals surface area contributed by atoms with Gasteiger partial charge in [0.15, 0.2) is 0 Å². The molecule has 0 amide bonds. The molecule has 0 saturated carbocycles. The zero-order chi connectivity index (χ0) is 17.7. The molecule has 1 heterocycles. The van der Waals surface area contributed by atoms with E-state index in [0.717, 1.165) is 5.56 Å². The first-order valence-electron chi connectivity index (χ1n) is 8.66. The SMILES string of the molecule is Cc1c[nH]c(=O)nc1NCc1ccc2ccc3cccc4ccc1c2c34. The minimum absolute atomic E-state index is 0.339. The van der Waals surface area contributed by atoms with Gasteiger partial charge in [0.1, 0.15) is 5.82 Å². The summed E-state index contributed by atoms with van der Waals surface area (Å²) in [5.41, 5.74) is 1.77. The average molecular weight is 339 g/mol. The Morgan fingerprint density at radius 3 is 2.42 bits per heavy atom. The van der Waals surface area contributed by atoms with Gasteiger partial charge in [-0.3, -0.25) is 0 Å². The second-order valence-corrected chi connectivity index (χ2v) is 6.67. The first-order valence-corrected chi connectivity index (χ1v) is 8.66. The maximum atomic E-state index is 11.5. The molecule has 5 rings (SSSR count). The van der Waals surface area contributed by atoms with E-state index < -0.39 is 0 Å². The molecule has 4 aromatic carbocycles. The molecule has 2 N–H and O–H groups in total. The van der Waals surface area contributed by atoms with Crippen LogP contribution in [0, 0.1) is 6.92 Å². The van der Waals surface area contributed by atoms with Crippen molar-refractivity contribution in [3.63, 3.8) is 0 Å². The van der Waals surface area contributed by atoms with Crippen LogP contribution in [0.2, 0.25) is 0 Å². The Hall–Kier alpha value is -3.40. The van der Waals surface area contributed by atoms with Crippen molar-refractivity contribution in [2.75, 3.05) is 5.32 Å². The number of H-pyrrole nitrogens is 1. The molecule has 0 unspecified atom stereocenters. The Kier molecular flexibility index (Phi) is 3.19. The van der Waals surface area contributed by atoms with Gasteiger partial charge in [-0.2, -0.15) is 4.98 Å². The molecule has 0 aliphatic heterocycles. The van der Waals surface area contributed by atoms with E-state index in [0.29, 0.717) is 12.4 Å². The molecule has 4 heteroatoms. The van der Waals surface area contributed by atoms with Crippen molar-refractivity contribution in [3.05, 3.63) is 82.4 Å². The molecule has 0 spiro atoms. The van der Waals surface area contributed by atoms with Crippen LogP contribution in [0.4, 0.5) is 5.82 Å². The lowest BCUT2D eigenvalue weighted by Crippen LogP contribution is -2.14. The van der Waals surface area contributed by atoms with Crippen LogP contribution >= 0.6 is 0 Å². The number of nitrogens with zero attached hydrogens (tertiary/aromatic N) is 1. The lowest BCUT2D eigenvalue weighted by atomic mass is 9.92. The van der Waals surface area contributed by atoms with Gasteiger partial charge in [-0.1, -0.05) is 54.6 Å². The topological polar surface area (TPSA) is 57.8 Å². The van der Waals surface area contributed by atoms with Gasteiger partial charge in [-0.05, 0) is 44.8 Å². The van der Waals surface area contributed by atoms with Crippen LogP contribution < -0.4 is 11.0 Å². The monoisotopic (exact) mass is 339 g/mol. The molecule has 4 nitrogen and oxygen atoms in total. The van der Waals surface area contributed by atoms with E-state index in [9.17, 15) is 4.79 Å². The smallest absolute Gasteiger partial charge is 0.346 e. The summed E-state index contributed by atoms with van der Waals surface area (Å²) in [4.78, 5) is 18.1. The van der Waals surface area contributed by atoms with Crippen LogP contribution in [-0.2, 0) is 6.54 Å². The minimum Gasteiger partial charge on any atom is -0.366 e. The summed E-state index contributed by atoms with van der Waals surface area (Å²) >= 11 is 0. The molecular formula is C22H17N3O. The molecular weight excluding hydrogens is 322 g/mol. The highest BCUT2D eigenvalue weighted by atomic mass is 16.1. The molecule has 0 bridgehead atoms. The van der Waals surface area contributed by atoms with Gasteiger partial charge in [-0.25, -0.2) is 4.79 Å². The maximum absolute atomic E-state index is 11.5. The zero-order valence-electron chi connectivity index (χ0n) is 14.3. The highest BCUT2D eigenvalue weighted by Crippen LogP contribution is 2.36. The fourth-order valence-electron chi connectivity index (χ4n) is 3.77. The third-order valence-corrected chi connectivity index (χ3v) is 5.06. The predicted molar refractivity (Wildman–Crippen MR) is 107 cm³/mol. The Balaban J connectivity index is 1.66. The fraction of sp³-hybridized carbons (Fsp3) is 0.0909. The minimum atomic E-state index is -0.339. The molecule has 26 heavy (non-hydrogen) atoms. The second-order valence-electron chi connectivity index (χ2n) is 6.67. The van der Waals surface area contributed by atoms with Crippen molar-refractivity contribution in [2.24, 2.45) is 0 Å². The van der Waals surface area contributed by atoms with E-state index in [2.05, 4.69) is 69.9 Å². The van der Waals surface area contributed by atoms with Crippen molar-refractivity contribution in [3.8, 4) is 0 Å². The normalized spacial score (nSPS) is 11.6. The largest absolute Gasteiger partial charge is 0.366 e. The van der Waals surface area contributed by atoms with Gasteiger partial charge < -0.3 is 10.3 Å². The Bertz CT molecular complexity index is 1300. The lowest BCUT2D eigenvalue weighted by Gasteiger charge is -2.15. The van der Waals surface area contributed by atoms with Gasteiger partial charge in [0.25, 0.3) is 0 Å². The van der Waals surface area contributed by atoms with Crippen molar-refractivity contribution in [2.45, 2.75) is 13.5 Å². The third kappa shape index (κ3) is 2.23. The number of aromatic amines is 1. The van der Waals surface area contributed by atoms with Crippen LogP contribution in [0.1, 0.15) is 11.1 Å². The number of hydrogen-bond donors (Lipinski definition) is 2. The fourth-order valence-corrected chi connectivity index (χ4v) is 3.77. The summed E-state index contributed by atoms with van der Waals surface area (Å²) in [6, 6.07) is 19.5. The van der Waals surface area contributed by atoms with Crippen molar-refractivity contribution in [1.29, 1.82) is 0 Å². The standard InChI is InChI=1S/C22H17N3O/c1-13-11-24-22(26)25-21(13)23-12-17-8-7-16-6-5-14-3-2-4-15-9-10-18(17)20(16)19(14)15/h2-11H,12H2,1H3,(H2,23,24,25,26). The van der Waals surface area contributed by atoms with Gasteiger partial charge in [0.2, 0.25) is 0 Å². The lowest BCUT2D eigenvalue weighted by molar-refractivity contribution is 1.02. The quantitative estimate of drug-likeness (QED) is 0.473. The number of anilines is 1. The highest BCUT2D eigenvalue weighted by molar-refractivity contribution is 6.23. The molecule has 0 saturated heterocycles. The molecule has 0 aliphatic carbocycles. The average Bonchev–Trinajstić information content (AvgIpc) is 2.67. The van der Waals surface area contributed by atoms with Crippen LogP contribution in [-0.4, -0.2) is 9.97 Å². The molecule has 0 atom stereocenters. The van der Waals surface area contributed by atoms with Crippen LogP contribution in [0.25, 0.3) is 32.3 Å². The van der Waals surface area contributed by atoms with Gasteiger partial charge in [0.05, 0.1) is 0 Å². The van der Waals surface area contributed by atoms with Crippen LogP contribution in [0.5, 0.6) is 0 Å². The van der Waals surface area contributed by atoms with E-state index in [1.807, 2.05) is 6.92 Å². The zero-order valence-corrected chi connectivity index (χ0v) is 14.3. The van der Waals surface area contributed by atoms with E-state index in [1.165, 1.54) is 37.9 Å². The first kappa shape index (κ1) is 14.9. The number of aromatic nitrogens is 2. The molecule has 0 fully saturated rings. The Morgan fingerprint density at radius 1 is 0.923 bits per heavy atom. The van der Waals surface area contributed by atoms with E-state index in [-0.39, 0.29) is 5.69 Å². The summed E-state index contributed by atoms with van der Waals surface area (Å²) < 4.78 is 0. The third-order valence-electron chi connectivity index (χ3n) is 5.06. The molecule has 126 valence electrons. The Morgan fingerprint density at radius 2 is 1.62 bits per heavy atom. The number of nitrogens with one attached hydrogen (secondary N) is 2. The first-order chi connectivity index (χ1) is 12.7. The highest BCUT2D eigenvalue weighted by Gasteiger charge is 2.11. The summed E-state index contributed by atoms with van der Waals surface area (Å²) in [7, 11) is 0. The van der Waals surface area contributed by atoms with Crippen molar-refractivity contribution >= 4 is 38.1 Å². The number of aryl methyl sites for hydroxylation is 1. The number of hydrogen-bond acceptors (Lipinski definition) is 3. The second kappa shape index (κ2) is 5.56. The summed E-state index contributed by atoms with van der Waals surface area (Å²) in [6.45, 7) is 2.54. The van der Waals surface area contributed by atoms with Gasteiger partial charge in [0, 0.05) is 18.3 Å². The Labute approximate surface area is 149 Å². The number of rotatable bonds is 3. The van der Waals surface area contributed by atoms with Crippen molar-refractivity contribution < 1.29 is 0 Å². The van der Waals surface area contributed by atoms with E-state index in [4.69, 9.17) is 0 Å². The van der Waals surface area contributed by atoms with E-state index in [1.54, 1.807) is 6.20 Å². The molecule has 5 aromatic rings. The van der Waals surface area contributed by atoms with Crippen LogP contribution in [0.3, 0.4) is 0 Å². The molecule has 0 radical (unpaired) electrons. The van der Waals surface area contributed by atoms with E-state index >= 15 is 0 Å². The summed E-state index contributed by atoms with van der Waals surface area (Å²) in [5.74, 6) is 0.624. The summed E-state index contributed by atoms with van der Waals surface area (Å²) in [6.07, 6.45) is 1.68.